The van der Waals surface area contributed by atoms with Crippen LogP contribution < -0.4 is 4.90 Å². The van der Waals surface area contributed by atoms with Gasteiger partial charge in [-0.15, -0.1) is 0 Å². The molecule has 3 unspecified atom stereocenters. The van der Waals surface area contributed by atoms with Crippen LogP contribution >= 0.6 is 0 Å². The number of benzene rings is 1. The van der Waals surface area contributed by atoms with Gasteiger partial charge >= 0.3 is 11.9 Å². The number of anilines is 1. The molecule has 6 heteroatoms. The molecule has 0 aromatic heterocycles. The van der Waals surface area contributed by atoms with Crippen molar-refractivity contribution < 1.29 is 23.9 Å². The summed E-state index contributed by atoms with van der Waals surface area (Å²) in [5.74, 6) is -1.86. The molecule has 0 radical (unpaired) electrons. The van der Waals surface area contributed by atoms with Gasteiger partial charge in [0.1, 0.15) is 11.2 Å². The van der Waals surface area contributed by atoms with Gasteiger partial charge in [0, 0.05) is 18.3 Å². The maximum atomic E-state index is 12.8. The lowest BCUT2D eigenvalue weighted by Crippen LogP contribution is -2.60. The molecule has 148 valence electrons. The Labute approximate surface area is 160 Å². The van der Waals surface area contributed by atoms with Crippen LogP contribution in [0, 0.1) is 18.3 Å². The minimum atomic E-state index is -1.39. The SMILES string of the molecule is CCOC(=O)C1CC(C(C)=O)(C(=O)OCC)CN(c2ccccc2C)C1C. The molecular weight excluding hydrogens is 346 g/mol. The molecule has 1 aliphatic rings. The number of carbonyl (C=O) groups is 3. The third-order valence-corrected chi connectivity index (χ3v) is 5.44. The maximum absolute atomic E-state index is 12.8. The predicted octanol–water partition coefficient (Wildman–Crippen LogP) is 2.91. The molecule has 2 rings (SSSR count). The Hall–Kier alpha value is -2.37. The smallest absolute Gasteiger partial charge is 0.321 e. The lowest BCUT2D eigenvalue weighted by atomic mass is 9.70. The third kappa shape index (κ3) is 3.99. The highest BCUT2D eigenvalue weighted by Crippen LogP contribution is 2.42. The van der Waals surface area contributed by atoms with E-state index in [4.69, 9.17) is 9.47 Å². The monoisotopic (exact) mass is 375 g/mol. The molecular formula is C21H29NO5. The van der Waals surface area contributed by atoms with E-state index in [9.17, 15) is 14.4 Å². The Morgan fingerprint density at radius 1 is 1.15 bits per heavy atom. The van der Waals surface area contributed by atoms with Crippen molar-refractivity contribution in [2.75, 3.05) is 24.7 Å². The first-order valence-corrected chi connectivity index (χ1v) is 9.45. The Bertz CT molecular complexity index is 716. The van der Waals surface area contributed by atoms with E-state index >= 15 is 0 Å². The fourth-order valence-electron chi connectivity index (χ4n) is 3.80. The highest BCUT2D eigenvalue weighted by Gasteiger charge is 2.55. The van der Waals surface area contributed by atoms with Crippen LogP contribution in [0.4, 0.5) is 5.69 Å². The second kappa shape index (κ2) is 8.55. The van der Waals surface area contributed by atoms with E-state index in [0.717, 1.165) is 11.3 Å². The minimum absolute atomic E-state index is 0.101. The van der Waals surface area contributed by atoms with Gasteiger partial charge in [-0.2, -0.15) is 0 Å². The molecule has 1 aromatic carbocycles. The molecule has 0 aliphatic carbocycles. The number of para-hydroxylation sites is 1. The lowest BCUT2D eigenvalue weighted by Gasteiger charge is -2.48. The van der Waals surface area contributed by atoms with Gasteiger partial charge < -0.3 is 14.4 Å². The van der Waals surface area contributed by atoms with Crippen molar-refractivity contribution in [2.45, 2.75) is 47.1 Å². The Balaban J connectivity index is 2.56. The van der Waals surface area contributed by atoms with Crippen LogP contribution in [0.2, 0.25) is 0 Å². The molecule has 0 saturated carbocycles. The van der Waals surface area contributed by atoms with Gasteiger partial charge in [0.15, 0.2) is 0 Å². The number of piperidine rings is 1. The summed E-state index contributed by atoms with van der Waals surface area (Å²) >= 11 is 0. The van der Waals surface area contributed by atoms with Gasteiger partial charge in [-0.1, -0.05) is 18.2 Å². The van der Waals surface area contributed by atoms with Crippen molar-refractivity contribution in [2.24, 2.45) is 11.3 Å². The number of hydrogen-bond acceptors (Lipinski definition) is 6. The largest absolute Gasteiger partial charge is 0.466 e. The van der Waals surface area contributed by atoms with Gasteiger partial charge in [0.2, 0.25) is 0 Å². The molecule has 1 aliphatic heterocycles. The summed E-state index contributed by atoms with van der Waals surface area (Å²) in [5.41, 5.74) is 0.520. The Morgan fingerprint density at radius 2 is 1.78 bits per heavy atom. The average Bonchev–Trinajstić information content (AvgIpc) is 2.63. The van der Waals surface area contributed by atoms with E-state index in [1.165, 1.54) is 6.92 Å². The van der Waals surface area contributed by atoms with Crippen LogP contribution in [0.25, 0.3) is 0 Å². The van der Waals surface area contributed by atoms with Gasteiger partial charge in [-0.25, -0.2) is 0 Å². The molecule has 1 fully saturated rings. The quantitative estimate of drug-likeness (QED) is 0.562. The first kappa shape index (κ1) is 20.9. The van der Waals surface area contributed by atoms with Crippen molar-refractivity contribution in [1.29, 1.82) is 0 Å². The Kier molecular flexibility index (Phi) is 6.63. The van der Waals surface area contributed by atoms with Gasteiger partial charge in [-0.3, -0.25) is 14.4 Å². The van der Waals surface area contributed by atoms with Crippen molar-refractivity contribution >= 4 is 23.4 Å². The first-order chi connectivity index (χ1) is 12.8. The number of esters is 2. The van der Waals surface area contributed by atoms with E-state index in [0.29, 0.717) is 0 Å². The zero-order valence-electron chi connectivity index (χ0n) is 16.8. The summed E-state index contributed by atoms with van der Waals surface area (Å²) in [6.07, 6.45) is 0.101. The van der Waals surface area contributed by atoms with Gasteiger partial charge in [0.25, 0.3) is 0 Å². The highest BCUT2D eigenvalue weighted by atomic mass is 16.5. The number of hydrogen-bond donors (Lipinski definition) is 0. The molecule has 0 amide bonds. The second-order valence-electron chi connectivity index (χ2n) is 7.08. The van der Waals surface area contributed by atoms with Crippen molar-refractivity contribution in [3.63, 3.8) is 0 Å². The van der Waals surface area contributed by atoms with E-state index in [2.05, 4.69) is 0 Å². The lowest BCUT2D eigenvalue weighted by molar-refractivity contribution is -0.164. The number of aryl methyl sites for hydroxylation is 1. The summed E-state index contributed by atoms with van der Waals surface area (Å²) in [4.78, 5) is 40.1. The number of ether oxygens (including phenoxy) is 2. The molecule has 1 saturated heterocycles. The summed E-state index contributed by atoms with van der Waals surface area (Å²) in [6, 6.07) is 7.53. The summed E-state index contributed by atoms with van der Waals surface area (Å²) in [6.45, 7) is 9.36. The molecule has 6 nitrogen and oxygen atoms in total. The van der Waals surface area contributed by atoms with E-state index in [1.54, 1.807) is 13.8 Å². The summed E-state index contributed by atoms with van der Waals surface area (Å²) < 4.78 is 10.5. The van der Waals surface area contributed by atoms with Crippen LogP contribution in [0.5, 0.6) is 0 Å². The van der Waals surface area contributed by atoms with Crippen molar-refractivity contribution in [3.05, 3.63) is 29.8 Å². The molecule has 1 heterocycles. The molecule has 0 spiro atoms. The molecule has 0 bridgehead atoms. The van der Waals surface area contributed by atoms with Crippen LogP contribution in [-0.2, 0) is 23.9 Å². The minimum Gasteiger partial charge on any atom is -0.466 e. The van der Waals surface area contributed by atoms with Crippen LogP contribution in [0.15, 0.2) is 24.3 Å². The highest BCUT2D eigenvalue weighted by molar-refractivity contribution is 6.04. The number of rotatable bonds is 6. The standard InChI is InChI=1S/C21H29NO5/c1-6-26-19(24)17-12-21(16(5)23,20(25)27-7-2)13-22(15(17)4)18-11-9-8-10-14(18)3/h8-11,15,17H,6-7,12-13H2,1-5H3. The zero-order valence-corrected chi connectivity index (χ0v) is 16.8. The fraction of sp³-hybridized carbons (Fsp3) is 0.571. The van der Waals surface area contributed by atoms with Crippen LogP contribution in [0.1, 0.15) is 39.7 Å². The fourth-order valence-corrected chi connectivity index (χ4v) is 3.80. The number of nitrogens with zero attached hydrogens (tertiary/aromatic N) is 1. The number of Topliss-reactive ketones (excluding diaryl/α,β-unsaturated/α-hetero) is 1. The van der Waals surface area contributed by atoms with Crippen molar-refractivity contribution in [3.8, 4) is 0 Å². The van der Waals surface area contributed by atoms with E-state index in [-0.39, 0.29) is 38.0 Å². The molecule has 27 heavy (non-hydrogen) atoms. The van der Waals surface area contributed by atoms with Gasteiger partial charge in [0.05, 0.1) is 19.1 Å². The Morgan fingerprint density at radius 3 is 2.33 bits per heavy atom. The van der Waals surface area contributed by atoms with Crippen LogP contribution in [-0.4, -0.2) is 43.5 Å². The first-order valence-electron chi connectivity index (χ1n) is 9.45. The third-order valence-electron chi connectivity index (χ3n) is 5.44. The second-order valence-corrected chi connectivity index (χ2v) is 7.08. The summed E-state index contributed by atoms with van der Waals surface area (Å²) in [7, 11) is 0. The maximum Gasteiger partial charge on any atom is 0.321 e. The van der Waals surface area contributed by atoms with E-state index in [1.807, 2.05) is 43.0 Å². The molecule has 1 aromatic rings. The average molecular weight is 375 g/mol. The summed E-state index contributed by atoms with van der Waals surface area (Å²) in [5, 5.41) is 0. The van der Waals surface area contributed by atoms with Crippen molar-refractivity contribution in [1.82, 2.24) is 0 Å². The van der Waals surface area contributed by atoms with Crippen LogP contribution in [0.3, 0.4) is 0 Å². The van der Waals surface area contributed by atoms with Gasteiger partial charge in [-0.05, 0) is 52.7 Å². The molecule has 0 N–H and O–H groups in total. The number of ketones is 1. The topological polar surface area (TPSA) is 72.9 Å². The zero-order chi connectivity index (χ0) is 20.2. The van der Waals surface area contributed by atoms with E-state index < -0.39 is 23.3 Å². The number of carbonyl (C=O) groups excluding carboxylic acids is 3. The predicted molar refractivity (Wildman–Crippen MR) is 102 cm³/mol. The normalized spacial score (nSPS) is 25.0. The molecule has 3 atom stereocenters.